The van der Waals surface area contributed by atoms with Crippen LogP contribution in [0.4, 0.5) is 0 Å². The number of H-pyrrole nitrogens is 1. The molecule has 6 heteroatoms. The molecule has 17 heavy (non-hydrogen) atoms. The Hall–Kier alpha value is -1.46. The molecule has 0 fully saturated rings. The van der Waals surface area contributed by atoms with Crippen molar-refractivity contribution in [2.75, 3.05) is 6.26 Å². The number of rotatable bonds is 3. The van der Waals surface area contributed by atoms with Gasteiger partial charge in [0.1, 0.15) is 5.69 Å². The normalized spacial score (nSPS) is 10.5. The van der Waals surface area contributed by atoms with Crippen LogP contribution in [0.1, 0.15) is 10.5 Å². The molecule has 0 atom stereocenters. The van der Waals surface area contributed by atoms with Gasteiger partial charge in [-0.25, -0.2) is 4.79 Å². The van der Waals surface area contributed by atoms with Gasteiger partial charge in [-0.1, -0.05) is 17.7 Å². The predicted octanol–water partition coefficient (Wildman–Crippen LogP) is 3.15. The number of hydrogen-bond donors (Lipinski definition) is 2. The second-order valence-corrected chi connectivity index (χ2v) is 4.58. The van der Waals surface area contributed by atoms with E-state index in [4.69, 9.17) is 16.7 Å². The third-order valence-electron chi connectivity index (χ3n) is 2.26. The zero-order valence-corrected chi connectivity index (χ0v) is 10.5. The summed E-state index contributed by atoms with van der Waals surface area (Å²) in [5.41, 5.74) is 1.42. The highest BCUT2D eigenvalue weighted by Gasteiger charge is 2.10. The Morgan fingerprint density at radius 2 is 2.24 bits per heavy atom. The first-order valence-corrected chi connectivity index (χ1v) is 6.34. The lowest BCUT2D eigenvalue weighted by molar-refractivity contribution is 0.0690. The van der Waals surface area contributed by atoms with Crippen molar-refractivity contribution in [2.45, 2.75) is 4.90 Å². The van der Waals surface area contributed by atoms with Crippen molar-refractivity contribution in [2.24, 2.45) is 0 Å². The number of hydrogen-bond acceptors (Lipinski definition) is 3. The minimum Gasteiger partial charge on any atom is -0.477 e. The van der Waals surface area contributed by atoms with Crippen LogP contribution in [0.5, 0.6) is 0 Å². The van der Waals surface area contributed by atoms with Crippen molar-refractivity contribution in [3.63, 3.8) is 0 Å². The number of halogens is 1. The molecule has 2 N–H and O–H groups in total. The first-order valence-electron chi connectivity index (χ1n) is 4.74. The molecule has 0 radical (unpaired) electrons. The summed E-state index contributed by atoms with van der Waals surface area (Å²) in [5, 5.41) is 15.8. The highest BCUT2D eigenvalue weighted by atomic mass is 35.5. The average molecular weight is 269 g/mol. The Labute approximate surface area is 107 Å². The van der Waals surface area contributed by atoms with E-state index in [0.717, 1.165) is 10.5 Å². The van der Waals surface area contributed by atoms with Gasteiger partial charge in [0.15, 0.2) is 0 Å². The first-order chi connectivity index (χ1) is 8.11. The fraction of sp³-hybridized carbons (Fsp3) is 0.0909. The maximum absolute atomic E-state index is 10.7. The highest BCUT2D eigenvalue weighted by molar-refractivity contribution is 7.98. The molecule has 0 amide bonds. The summed E-state index contributed by atoms with van der Waals surface area (Å²) in [7, 11) is 0. The minimum absolute atomic E-state index is 0.0602. The van der Waals surface area contributed by atoms with Crippen molar-refractivity contribution >= 4 is 29.3 Å². The van der Waals surface area contributed by atoms with E-state index in [2.05, 4.69) is 10.2 Å². The topological polar surface area (TPSA) is 66.0 Å². The van der Waals surface area contributed by atoms with Gasteiger partial charge in [0.25, 0.3) is 0 Å². The summed E-state index contributed by atoms with van der Waals surface area (Å²) >= 11 is 7.63. The van der Waals surface area contributed by atoms with Crippen molar-refractivity contribution in [1.29, 1.82) is 0 Å². The van der Waals surface area contributed by atoms with E-state index in [0.29, 0.717) is 10.7 Å². The molecule has 1 heterocycles. The van der Waals surface area contributed by atoms with Crippen LogP contribution < -0.4 is 0 Å². The van der Waals surface area contributed by atoms with Crippen LogP contribution in [0.25, 0.3) is 11.3 Å². The summed E-state index contributed by atoms with van der Waals surface area (Å²) in [6.07, 6.45) is 1.94. The number of thioether (sulfide) groups is 1. The lowest BCUT2D eigenvalue weighted by atomic mass is 10.1. The molecule has 88 valence electrons. The van der Waals surface area contributed by atoms with Crippen LogP contribution in [0, 0.1) is 0 Å². The van der Waals surface area contributed by atoms with Gasteiger partial charge in [-0.2, -0.15) is 5.10 Å². The Kier molecular flexibility index (Phi) is 3.40. The smallest absolute Gasteiger partial charge is 0.353 e. The Balaban J connectivity index is 2.39. The molecule has 0 aliphatic heterocycles. The van der Waals surface area contributed by atoms with Crippen LogP contribution in [-0.4, -0.2) is 27.5 Å². The predicted molar refractivity (Wildman–Crippen MR) is 67.8 cm³/mol. The second kappa shape index (κ2) is 4.81. The fourth-order valence-electron chi connectivity index (χ4n) is 1.40. The molecule has 0 saturated carbocycles. The number of aromatic amines is 1. The lowest BCUT2D eigenvalue weighted by Gasteiger charge is -2.02. The van der Waals surface area contributed by atoms with Gasteiger partial charge >= 0.3 is 5.97 Å². The molecule has 0 aliphatic rings. The number of nitrogens with one attached hydrogen (secondary N) is 1. The molecule has 4 nitrogen and oxygen atoms in total. The van der Waals surface area contributed by atoms with E-state index in [1.807, 2.05) is 18.4 Å². The Morgan fingerprint density at radius 1 is 1.47 bits per heavy atom. The van der Waals surface area contributed by atoms with E-state index < -0.39 is 5.97 Å². The molecular formula is C11H9ClN2O2S. The van der Waals surface area contributed by atoms with Crippen LogP contribution in [0.15, 0.2) is 29.2 Å². The summed E-state index contributed by atoms with van der Waals surface area (Å²) in [4.78, 5) is 11.7. The zero-order chi connectivity index (χ0) is 12.4. The summed E-state index contributed by atoms with van der Waals surface area (Å²) in [6.45, 7) is 0. The Morgan fingerprint density at radius 3 is 2.76 bits per heavy atom. The second-order valence-electron chi connectivity index (χ2n) is 3.32. The van der Waals surface area contributed by atoms with E-state index >= 15 is 0 Å². The Bertz CT molecular complexity index is 568. The summed E-state index contributed by atoms with van der Waals surface area (Å²) in [6, 6.07) is 7.00. The largest absolute Gasteiger partial charge is 0.477 e. The number of carbonyl (C=O) groups is 1. The molecule has 1 aromatic heterocycles. The van der Waals surface area contributed by atoms with Gasteiger partial charge in [-0.05, 0) is 24.5 Å². The molecule has 0 spiro atoms. The van der Waals surface area contributed by atoms with Gasteiger partial charge in [-0.3, -0.25) is 5.10 Å². The number of aromatic carboxylic acids is 1. The fourth-order valence-corrected chi connectivity index (χ4v) is 2.27. The molecule has 0 saturated heterocycles. The van der Waals surface area contributed by atoms with Gasteiger partial charge < -0.3 is 5.11 Å². The molecular weight excluding hydrogens is 260 g/mol. The van der Waals surface area contributed by atoms with E-state index in [1.165, 1.54) is 6.07 Å². The molecule has 1 aromatic carbocycles. The zero-order valence-electron chi connectivity index (χ0n) is 8.90. The maximum Gasteiger partial charge on any atom is 0.353 e. The number of carboxylic acids is 1. The third-order valence-corrected chi connectivity index (χ3v) is 3.48. The van der Waals surface area contributed by atoms with Crippen molar-refractivity contribution in [3.05, 3.63) is 35.0 Å². The average Bonchev–Trinajstić information content (AvgIpc) is 2.78. The first kappa shape index (κ1) is 12.0. The van der Waals surface area contributed by atoms with Crippen LogP contribution in [-0.2, 0) is 0 Å². The molecule has 2 rings (SSSR count). The monoisotopic (exact) mass is 268 g/mol. The molecule has 0 bridgehead atoms. The quantitative estimate of drug-likeness (QED) is 0.839. The number of nitrogens with zero attached hydrogens (tertiary/aromatic N) is 1. The van der Waals surface area contributed by atoms with E-state index in [-0.39, 0.29) is 5.69 Å². The number of carboxylic acid groups (broad SMARTS) is 1. The lowest BCUT2D eigenvalue weighted by Crippen LogP contribution is -1.95. The van der Waals surface area contributed by atoms with Gasteiger partial charge in [0.2, 0.25) is 0 Å². The van der Waals surface area contributed by atoms with Crippen LogP contribution >= 0.6 is 23.4 Å². The summed E-state index contributed by atoms with van der Waals surface area (Å²) < 4.78 is 0. The summed E-state index contributed by atoms with van der Waals surface area (Å²) in [5.74, 6) is -1.03. The molecule has 0 aliphatic carbocycles. The minimum atomic E-state index is -1.03. The van der Waals surface area contributed by atoms with Crippen LogP contribution in [0.2, 0.25) is 5.02 Å². The third kappa shape index (κ3) is 2.45. The van der Waals surface area contributed by atoms with Gasteiger partial charge in [-0.15, -0.1) is 11.8 Å². The van der Waals surface area contributed by atoms with E-state index in [1.54, 1.807) is 17.8 Å². The highest BCUT2D eigenvalue weighted by Crippen LogP contribution is 2.29. The number of aromatic nitrogens is 2. The van der Waals surface area contributed by atoms with Crippen molar-refractivity contribution in [1.82, 2.24) is 10.2 Å². The standard InChI is InChI=1S/C11H9ClN2O2S/c1-17-10-3-2-6(4-7(10)12)8-5-9(11(15)16)14-13-8/h2-5H,1H3,(H,13,14)(H,15,16). The molecule has 2 aromatic rings. The van der Waals surface area contributed by atoms with Crippen molar-refractivity contribution in [3.8, 4) is 11.3 Å². The molecule has 0 unspecified atom stereocenters. The van der Waals surface area contributed by atoms with Crippen molar-refractivity contribution < 1.29 is 9.90 Å². The maximum atomic E-state index is 10.7. The van der Waals surface area contributed by atoms with Gasteiger partial charge in [0, 0.05) is 10.5 Å². The van der Waals surface area contributed by atoms with Gasteiger partial charge in [0.05, 0.1) is 10.7 Å². The number of benzene rings is 1. The van der Waals surface area contributed by atoms with Crippen LogP contribution in [0.3, 0.4) is 0 Å². The van der Waals surface area contributed by atoms with E-state index in [9.17, 15) is 4.79 Å². The SMILES string of the molecule is CSc1ccc(-c2cc(C(=O)O)[nH]n2)cc1Cl.